The maximum Gasteiger partial charge on any atom is 0.353 e. The Morgan fingerprint density at radius 2 is 2.36 bits per heavy atom. The second-order valence-corrected chi connectivity index (χ2v) is 4.66. The van der Waals surface area contributed by atoms with E-state index in [1.165, 1.54) is 0 Å². The van der Waals surface area contributed by atoms with Crippen molar-refractivity contribution in [3.8, 4) is 0 Å². The number of hydrogen-bond donors (Lipinski definition) is 2. The molecule has 4 nitrogen and oxygen atoms in total. The van der Waals surface area contributed by atoms with Crippen LogP contribution in [0.2, 0.25) is 0 Å². The zero-order valence-electron chi connectivity index (χ0n) is 6.71. The molecular formula is C8H4BrIN2O2. The average molecular weight is 367 g/mol. The van der Waals surface area contributed by atoms with Crippen molar-refractivity contribution in [3.63, 3.8) is 0 Å². The van der Waals surface area contributed by atoms with Crippen LogP contribution in [0.25, 0.3) is 11.0 Å². The summed E-state index contributed by atoms with van der Waals surface area (Å²) >= 11 is 5.24. The lowest BCUT2D eigenvalue weighted by Crippen LogP contribution is -1.98. The predicted octanol–water partition coefficient (Wildman–Crippen LogP) is 2.63. The van der Waals surface area contributed by atoms with Crippen molar-refractivity contribution in [2.45, 2.75) is 0 Å². The Morgan fingerprint density at radius 1 is 1.64 bits per heavy atom. The molecule has 0 aliphatic heterocycles. The fourth-order valence-corrected chi connectivity index (χ4v) is 2.29. The standard InChI is InChI=1S/C8H4BrIN2O2/c9-3-1-4-6(11-2-3)5(10)7(12-4)8(13)14/h1-2,12H,(H,13,14). The number of halogens is 2. The van der Waals surface area contributed by atoms with E-state index in [1.54, 1.807) is 12.3 Å². The molecule has 0 fully saturated rings. The Labute approximate surface area is 101 Å². The van der Waals surface area contributed by atoms with Gasteiger partial charge in [0.15, 0.2) is 0 Å². The predicted molar refractivity (Wildman–Crippen MR) is 63.5 cm³/mol. The summed E-state index contributed by atoms with van der Waals surface area (Å²) in [4.78, 5) is 17.7. The van der Waals surface area contributed by atoms with Crippen molar-refractivity contribution in [3.05, 3.63) is 26.0 Å². The molecule has 72 valence electrons. The van der Waals surface area contributed by atoms with Gasteiger partial charge in [0.25, 0.3) is 0 Å². The van der Waals surface area contributed by atoms with Crippen molar-refractivity contribution in [2.24, 2.45) is 0 Å². The number of nitrogens with zero attached hydrogens (tertiary/aromatic N) is 1. The molecule has 2 aromatic rings. The summed E-state index contributed by atoms with van der Waals surface area (Å²) in [5.41, 5.74) is 1.60. The fraction of sp³-hybridized carbons (Fsp3) is 0. The molecule has 6 heteroatoms. The number of H-pyrrole nitrogens is 1. The Bertz CT molecular complexity index is 523. The lowest BCUT2D eigenvalue weighted by atomic mass is 10.4. The molecular weight excluding hydrogens is 363 g/mol. The minimum absolute atomic E-state index is 0.186. The van der Waals surface area contributed by atoms with E-state index in [0.29, 0.717) is 9.09 Å². The largest absolute Gasteiger partial charge is 0.477 e. The number of carbonyl (C=O) groups is 1. The van der Waals surface area contributed by atoms with E-state index >= 15 is 0 Å². The lowest BCUT2D eigenvalue weighted by molar-refractivity contribution is 0.0690. The summed E-state index contributed by atoms with van der Waals surface area (Å²) in [7, 11) is 0. The molecule has 2 rings (SSSR count). The average Bonchev–Trinajstić information content (AvgIpc) is 2.43. The first-order valence-corrected chi connectivity index (χ1v) is 5.53. The van der Waals surface area contributed by atoms with Gasteiger partial charge in [0.05, 0.1) is 9.09 Å². The maximum absolute atomic E-state index is 10.8. The molecule has 0 amide bonds. The molecule has 0 unspecified atom stereocenters. The molecule has 0 atom stereocenters. The highest BCUT2D eigenvalue weighted by Crippen LogP contribution is 2.24. The van der Waals surface area contributed by atoms with Gasteiger partial charge in [0, 0.05) is 10.7 Å². The molecule has 0 spiro atoms. The number of pyridine rings is 1. The van der Waals surface area contributed by atoms with Crippen LogP contribution in [-0.4, -0.2) is 21.0 Å². The van der Waals surface area contributed by atoms with Gasteiger partial charge >= 0.3 is 5.97 Å². The highest BCUT2D eigenvalue weighted by Gasteiger charge is 2.15. The Morgan fingerprint density at radius 3 is 3.00 bits per heavy atom. The molecule has 14 heavy (non-hydrogen) atoms. The highest BCUT2D eigenvalue weighted by atomic mass is 127. The van der Waals surface area contributed by atoms with Crippen molar-refractivity contribution in [1.29, 1.82) is 0 Å². The second kappa shape index (κ2) is 3.50. The highest BCUT2D eigenvalue weighted by molar-refractivity contribution is 14.1. The SMILES string of the molecule is O=C(O)c1[nH]c2cc(Br)cnc2c1I. The molecule has 0 aliphatic rings. The number of aromatic amines is 1. The van der Waals surface area contributed by atoms with E-state index in [2.05, 4.69) is 25.9 Å². The van der Waals surface area contributed by atoms with E-state index < -0.39 is 5.97 Å². The first kappa shape index (κ1) is 9.91. The minimum atomic E-state index is -0.969. The minimum Gasteiger partial charge on any atom is -0.477 e. The van der Waals surface area contributed by atoms with Crippen LogP contribution in [0, 0.1) is 3.57 Å². The smallest absolute Gasteiger partial charge is 0.353 e. The number of carboxylic acids is 1. The van der Waals surface area contributed by atoms with Gasteiger partial charge in [-0.1, -0.05) is 0 Å². The van der Waals surface area contributed by atoms with E-state index in [1.807, 2.05) is 22.6 Å². The summed E-state index contributed by atoms with van der Waals surface area (Å²) in [5, 5.41) is 8.86. The first-order chi connectivity index (χ1) is 6.59. The van der Waals surface area contributed by atoms with E-state index in [4.69, 9.17) is 5.11 Å². The number of aromatic nitrogens is 2. The topological polar surface area (TPSA) is 66.0 Å². The van der Waals surface area contributed by atoms with Gasteiger partial charge < -0.3 is 10.1 Å². The second-order valence-electron chi connectivity index (χ2n) is 2.67. The fourth-order valence-electron chi connectivity index (χ4n) is 1.16. The van der Waals surface area contributed by atoms with Gasteiger partial charge in [-0.25, -0.2) is 4.79 Å². The lowest BCUT2D eigenvalue weighted by Gasteiger charge is -1.89. The molecule has 0 saturated heterocycles. The zero-order valence-corrected chi connectivity index (χ0v) is 10.5. The number of fused-ring (bicyclic) bond motifs is 1. The van der Waals surface area contributed by atoms with Crippen molar-refractivity contribution >= 4 is 55.5 Å². The maximum atomic E-state index is 10.8. The van der Waals surface area contributed by atoms with Gasteiger partial charge in [-0.15, -0.1) is 0 Å². The summed E-state index contributed by atoms with van der Waals surface area (Å²) in [6.07, 6.45) is 1.64. The normalized spacial score (nSPS) is 10.7. The summed E-state index contributed by atoms with van der Waals surface area (Å²) < 4.78 is 1.46. The molecule has 0 saturated carbocycles. The molecule has 0 aliphatic carbocycles. The quantitative estimate of drug-likeness (QED) is 0.762. The summed E-state index contributed by atoms with van der Waals surface area (Å²) in [6.45, 7) is 0. The van der Waals surface area contributed by atoms with Gasteiger partial charge in [-0.3, -0.25) is 4.98 Å². The molecule has 0 bridgehead atoms. The van der Waals surface area contributed by atoms with Gasteiger partial charge in [0.2, 0.25) is 0 Å². The van der Waals surface area contributed by atoms with Crippen LogP contribution in [0.4, 0.5) is 0 Å². The zero-order chi connectivity index (χ0) is 10.3. The third-order valence-corrected chi connectivity index (χ3v) is 3.24. The van der Waals surface area contributed by atoms with Crippen LogP contribution in [0.3, 0.4) is 0 Å². The molecule has 2 heterocycles. The van der Waals surface area contributed by atoms with E-state index in [0.717, 1.165) is 9.99 Å². The number of rotatable bonds is 1. The first-order valence-electron chi connectivity index (χ1n) is 3.65. The van der Waals surface area contributed by atoms with Crippen LogP contribution < -0.4 is 0 Å². The Hall–Kier alpha value is -0.630. The Kier molecular flexibility index (Phi) is 2.48. The number of carboxylic acid groups (broad SMARTS) is 1. The number of hydrogen-bond acceptors (Lipinski definition) is 2. The van der Waals surface area contributed by atoms with Crippen LogP contribution in [0.1, 0.15) is 10.5 Å². The van der Waals surface area contributed by atoms with Crippen LogP contribution in [-0.2, 0) is 0 Å². The number of nitrogens with one attached hydrogen (secondary N) is 1. The van der Waals surface area contributed by atoms with Gasteiger partial charge in [-0.2, -0.15) is 0 Å². The van der Waals surface area contributed by atoms with Gasteiger partial charge in [-0.05, 0) is 44.6 Å². The molecule has 2 aromatic heterocycles. The Balaban J connectivity index is 2.79. The summed E-state index contributed by atoms with van der Waals surface area (Å²) in [6, 6.07) is 1.80. The van der Waals surface area contributed by atoms with Crippen LogP contribution >= 0.6 is 38.5 Å². The molecule has 2 N–H and O–H groups in total. The summed E-state index contributed by atoms with van der Waals surface area (Å²) in [5.74, 6) is -0.969. The van der Waals surface area contributed by atoms with Crippen molar-refractivity contribution < 1.29 is 9.90 Å². The van der Waals surface area contributed by atoms with Crippen molar-refractivity contribution in [2.75, 3.05) is 0 Å². The molecule has 0 aromatic carbocycles. The van der Waals surface area contributed by atoms with Crippen molar-refractivity contribution in [1.82, 2.24) is 9.97 Å². The molecule has 0 radical (unpaired) electrons. The van der Waals surface area contributed by atoms with Crippen LogP contribution in [0.5, 0.6) is 0 Å². The van der Waals surface area contributed by atoms with Gasteiger partial charge in [0.1, 0.15) is 11.2 Å². The third kappa shape index (κ3) is 1.52. The third-order valence-electron chi connectivity index (χ3n) is 1.76. The van der Waals surface area contributed by atoms with E-state index in [9.17, 15) is 4.79 Å². The van der Waals surface area contributed by atoms with E-state index in [-0.39, 0.29) is 5.69 Å². The monoisotopic (exact) mass is 366 g/mol. The number of aromatic carboxylic acids is 1. The van der Waals surface area contributed by atoms with Crippen LogP contribution in [0.15, 0.2) is 16.7 Å².